The van der Waals surface area contributed by atoms with Crippen molar-refractivity contribution in [1.29, 1.82) is 0 Å². The van der Waals surface area contributed by atoms with Gasteiger partial charge in [0.05, 0.1) is 22.9 Å². The number of amides is 2. The molecule has 2 aliphatic heterocycles. The molecular weight excluding hydrogens is 426 g/mol. The maximum Gasteiger partial charge on any atom is 0.256 e. The molecule has 2 amide bonds. The first-order valence-corrected chi connectivity index (χ1v) is 10.9. The lowest BCUT2D eigenvalue weighted by Crippen LogP contribution is -2.29. The Bertz CT molecular complexity index is 1280. The number of likely N-dealkylation sites (tertiary alicyclic amines) is 1. The van der Waals surface area contributed by atoms with E-state index in [2.05, 4.69) is 10.3 Å². The van der Waals surface area contributed by atoms with Gasteiger partial charge >= 0.3 is 0 Å². The average Bonchev–Trinajstić information content (AvgIpc) is 3.45. The van der Waals surface area contributed by atoms with E-state index in [1.165, 1.54) is 0 Å². The molecule has 0 spiro atoms. The Labute approximate surface area is 190 Å². The van der Waals surface area contributed by atoms with Crippen LogP contribution in [0.5, 0.6) is 0 Å². The van der Waals surface area contributed by atoms with Crippen LogP contribution in [0.25, 0.3) is 22.8 Å². The number of carbonyl (C=O) groups excluding carboxylic acids is 2. The Morgan fingerprint density at radius 3 is 2.78 bits per heavy atom. The molecule has 3 heterocycles. The van der Waals surface area contributed by atoms with Gasteiger partial charge < -0.3 is 20.3 Å². The van der Waals surface area contributed by atoms with Crippen LogP contribution in [0.1, 0.15) is 33.7 Å². The smallest absolute Gasteiger partial charge is 0.256 e. The molecule has 1 fully saturated rings. The van der Waals surface area contributed by atoms with E-state index >= 15 is 0 Å². The van der Waals surface area contributed by atoms with Gasteiger partial charge in [-0.15, -0.1) is 0 Å². The number of hydrogen-bond acceptors (Lipinski definition) is 3. The van der Waals surface area contributed by atoms with Crippen molar-refractivity contribution in [2.24, 2.45) is 0 Å². The third-order valence-corrected chi connectivity index (χ3v) is 6.15. The van der Waals surface area contributed by atoms with Crippen molar-refractivity contribution in [1.82, 2.24) is 9.88 Å². The number of aliphatic hydroxyl groups excluding tert-OH is 1. The summed E-state index contributed by atoms with van der Waals surface area (Å²) in [4.78, 5) is 30.9. The first kappa shape index (κ1) is 20.5. The lowest BCUT2D eigenvalue weighted by Gasteiger charge is -2.15. The number of aryl methyl sites for hydroxylation is 1. The summed E-state index contributed by atoms with van der Waals surface area (Å²) >= 11 is 6.21. The number of rotatable bonds is 3. The number of aliphatic hydroxyl groups is 1. The van der Waals surface area contributed by atoms with Gasteiger partial charge in [0.25, 0.3) is 11.8 Å². The van der Waals surface area contributed by atoms with Gasteiger partial charge in [0.1, 0.15) is 0 Å². The molecule has 3 N–H and O–H groups in total. The van der Waals surface area contributed by atoms with Crippen molar-refractivity contribution in [3.05, 3.63) is 76.1 Å². The fourth-order valence-corrected chi connectivity index (χ4v) is 4.62. The van der Waals surface area contributed by atoms with Gasteiger partial charge in [-0.25, -0.2) is 0 Å². The summed E-state index contributed by atoms with van der Waals surface area (Å²) in [5.74, 6) is -0.378. The van der Waals surface area contributed by atoms with Crippen LogP contribution in [0.4, 0.5) is 5.69 Å². The molecule has 0 bridgehead atoms. The van der Waals surface area contributed by atoms with E-state index in [-0.39, 0.29) is 11.8 Å². The molecule has 32 heavy (non-hydrogen) atoms. The molecule has 3 aromatic rings. The molecule has 0 aliphatic carbocycles. The summed E-state index contributed by atoms with van der Waals surface area (Å²) in [6.45, 7) is 2.71. The second-order valence-electron chi connectivity index (χ2n) is 8.22. The SMILES string of the molecule is Cc1cc(C(=O)N2CC[C@H](O)C2)c(/C=C2\C(=O)Nc3cccc(-c4cccc(Cl)c4)c32)[nH]1. The number of hydrogen-bond donors (Lipinski definition) is 3. The number of nitrogens with zero attached hydrogens (tertiary/aromatic N) is 1. The highest BCUT2D eigenvalue weighted by atomic mass is 35.5. The van der Waals surface area contributed by atoms with Crippen LogP contribution in [-0.4, -0.2) is 46.0 Å². The number of halogens is 1. The van der Waals surface area contributed by atoms with Crippen molar-refractivity contribution in [3.63, 3.8) is 0 Å². The molecule has 6 nitrogen and oxygen atoms in total. The molecule has 2 aromatic carbocycles. The maximum atomic E-state index is 13.1. The Morgan fingerprint density at radius 1 is 1.22 bits per heavy atom. The maximum absolute atomic E-state index is 13.1. The first-order chi connectivity index (χ1) is 15.4. The lowest BCUT2D eigenvalue weighted by atomic mass is 9.94. The minimum absolute atomic E-state index is 0.153. The van der Waals surface area contributed by atoms with E-state index in [1.807, 2.05) is 49.4 Å². The number of fused-ring (bicyclic) bond motifs is 1. The third kappa shape index (κ3) is 3.61. The summed E-state index contributed by atoms with van der Waals surface area (Å²) in [6.07, 6.45) is 1.82. The van der Waals surface area contributed by atoms with E-state index in [9.17, 15) is 14.7 Å². The van der Waals surface area contributed by atoms with Gasteiger partial charge in [0.15, 0.2) is 0 Å². The predicted octanol–water partition coefficient (Wildman–Crippen LogP) is 4.34. The second-order valence-corrected chi connectivity index (χ2v) is 8.66. The standard InChI is InChI=1S/C25H22ClN3O3/c1-14-10-19(25(32)29-9-8-17(30)13-29)22(27-14)12-20-23-18(15-4-2-5-16(26)11-15)6-3-7-21(23)28-24(20)31/h2-7,10-12,17,27,30H,8-9,13H2,1H3,(H,28,31)/b20-12-/t17-/m0/s1. The second kappa shape index (κ2) is 7.97. The molecule has 7 heteroatoms. The quantitative estimate of drug-likeness (QED) is 0.522. The summed E-state index contributed by atoms with van der Waals surface area (Å²) in [5.41, 5.74) is 5.66. The van der Waals surface area contributed by atoms with E-state index in [0.29, 0.717) is 41.4 Å². The number of aromatic amines is 1. The zero-order chi connectivity index (χ0) is 22.4. The van der Waals surface area contributed by atoms with Crippen molar-refractivity contribution in [3.8, 4) is 11.1 Å². The Kier molecular flexibility index (Phi) is 5.12. The van der Waals surface area contributed by atoms with Crippen molar-refractivity contribution in [2.75, 3.05) is 18.4 Å². The zero-order valence-electron chi connectivity index (χ0n) is 17.5. The van der Waals surface area contributed by atoms with Crippen molar-refractivity contribution < 1.29 is 14.7 Å². The van der Waals surface area contributed by atoms with Gasteiger partial charge in [-0.2, -0.15) is 0 Å². The number of aromatic nitrogens is 1. The number of benzene rings is 2. The fraction of sp³-hybridized carbons (Fsp3) is 0.200. The molecule has 1 saturated heterocycles. The molecule has 0 saturated carbocycles. The van der Waals surface area contributed by atoms with Gasteiger partial charge in [-0.1, -0.05) is 35.9 Å². The van der Waals surface area contributed by atoms with Crippen LogP contribution in [0.15, 0.2) is 48.5 Å². The average molecular weight is 448 g/mol. The largest absolute Gasteiger partial charge is 0.391 e. The lowest BCUT2D eigenvalue weighted by molar-refractivity contribution is -0.110. The Balaban J connectivity index is 1.61. The van der Waals surface area contributed by atoms with E-state index in [1.54, 1.807) is 17.0 Å². The van der Waals surface area contributed by atoms with Crippen molar-refractivity contribution in [2.45, 2.75) is 19.4 Å². The monoisotopic (exact) mass is 447 g/mol. The number of nitrogens with one attached hydrogen (secondary N) is 2. The topological polar surface area (TPSA) is 85.4 Å². The highest BCUT2D eigenvalue weighted by Crippen LogP contribution is 2.41. The first-order valence-electron chi connectivity index (χ1n) is 10.5. The normalized spacial score (nSPS) is 18.8. The van der Waals surface area contributed by atoms with Crippen LogP contribution in [-0.2, 0) is 4.79 Å². The van der Waals surface area contributed by atoms with Gasteiger partial charge in [-0.3, -0.25) is 9.59 Å². The number of H-pyrrole nitrogens is 1. The van der Waals surface area contributed by atoms with Crippen LogP contribution in [0.2, 0.25) is 5.02 Å². The van der Waals surface area contributed by atoms with Gasteiger partial charge in [0.2, 0.25) is 0 Å². The molecule has 0 radical (unpaired) electrons. The summed E-state index contributed by atoms with van der Waals surface area (Å²) in [5, 5.41) is 13.4. The van der Waals surface area contributed by atoms with Crippen molar-refractivity contribution >= 4 is 40.8 Å². The predicted molar refractivity (Wildman–Crippen MR) is 125 cm³/mol. The molecular formula is C25H22ClN3O3. The van der Waals surface area contributed by atoms with E-state index in [4.69, 9.17) is 11.6 Å². The number of β-amino-alcohol motifs (C(OH)–C–C–N with tert-alkyl or cyclic N) is 1. The summed E-state index contributed by atoms with van der Waals surface area (Å²) in [7, 11) is 0. The third-order valence-electron chi connectivity index (χ3n) is 5.91. The van der Waals surface area contributed by atoms with Gasteiger partial charge in [0, 0.05) is 35.1 Å². The minimum Gasteiger partial charge on any atom is -0.391 e. The van der Waals surface area contributed by atoms with E-state index < -0.39 is 6.10 Å². The highest BCUT2D eigenvalue weighted by Gasteiger charge is 2.30. The Hall–Kier alpha value is -3.35. The molecule has 162 valence electrons. The van der Waals surface area contributed by atoms with Gasteiger partial charge in [-0.05, 0) is 54.8 Å². The zero-order valence-corrected chi connectivity index (χ0v) is 18.2. The number of anilines is 1. The fourth-order valence-electron chi connectivity index (χ4n) is 4.43. The molecule has 1 atom stereocenters. The highest BCUT2D eigenvalue weighted by molar-refractivity contribution is 6.36. The van der Waals surface area contributed by atoms with E-state index in [0.717, 1.165) is 28.1 Å². The summed E-state index contributed by atoms with van der Waals surface area (Å²) in [6, 6.07) is 15.0. The minimum atomic E-state index is -0.492. The van der Waals surface area contributed by atoms with Crippen LogP contribution in [0, 0.1) is 6.92 Å². The Morgan fingerprint density at radius 2 is 2.03 bits per heavy atom. The number of carbonyl (C=O) groups is 2. The molecule has 2 aliphatic rings. The van der Waals surface area contributed by atoms with Crippen LogP contribution >= 0.6 is 11.6 Å². The van der Waals surface area contributed by atoms with Crippen LogP contribution < -0.4 is 5.32 Å². The summed E-state index contributed by atoms with van der Waals surface area (Å²) < 4.78 is 0. The van der Waals surface area contributed by atoms with Crippen LogP contribution in [0.3, 0.4) is 0 Å². The molecule has 0 unspecified atom stereocenters. The molecule has 1 aromatic heterocycles. The molecule has 5 rings (SSSR count).